The van der Waals surface area contributed by atoms with E-state index in [2.05, 4.69) is 4.99 Å². The normalized spacial score (nSPS) is 17.1. The van der Waals surface area contributed by atoms with E-state index in [9.17, 15) is 9.90 Å². The summed E-state index contributed by atoms with van der Waals surface area (Å²) in [5, 5.41) is 10.8. The van der Waals surface area contributed by atoms with Crippen molar-refractivity contribution in [1.82, 2.24) is 0 Å². The van der Waals surface area contributed by atoms with Gasteiger partial charge >= 0.3 is 5.97 Å². The number of hydrogen-bond acceptors (Lipinski definition) is 5. The van der Waals surface area contributed by atoms with Crippen molar-refractivity contribution in [3.63, 3.8) is 0 Å². The van der Waals surface area contributed by atoms with Crippen LogP contribution in [0.15, 0.2) is 40.6 Å². The minimum Gasteiger partial charge on any atom is -0.510 e. The maximum atomic E-state index is 11.8. The number of aliphatic hydroxyl groups is 1. The van der Waals surface area contributed by atoms with Crippen LogP contribution in [-0.4, -0.2) is 28.5 Å². The number of benzene rings is 1. The van der Waals surface area contributed by atoms with Crippen LogP contribution in [0.2, 0.25) is 5.02 Å². The van der Waals surface area contributed by atoms with Crippen LogP contribution in [0.3, 0.4) is 0 Å². The molecule has 0 radical (unpaired) electrons. The van der Waals surface area contributed by atoms with Crippen LogP contribution in [0.5, 0.6) is 0 Å². The third-order valence-electron chi connectivity index (χ3n) is 2.37. The number of nitrogens with zero attached hydrogens (tertiary/aromatic N) is 1. The van der Waals surface area contributed by atoms with E-state index in [0.717, 1.165) is 0 Å². The molecule has 2 rings (SSSR count). The fourth-order valence-electron chi connectivity index (χ4n) is 1.56. The number of thioether (sulfide) groups is 1. The van der Waals surface area contributed by atoms with E-state index >= 15 is 0 Å². The highest BCUT2D eigenvalue weighted by molar-refractivity contribution is 8.15. The average Bonchev–Trinajstić information content (AvgIpc) is 2.71. The van der Waals surface area contributed by atoms with Crippen molar-refractivity contribution in [3.05, 3.63) is 40.6 Å². The van der Waals surface area contributed by atoms with Gasteiger partial charge in [0.1, 0.15) is 16.4 Å². The second kappa shape index (κ2) is 6.12. The van der Waals surface area contributed by atoms with Gasteiger partial charge in [-0.25, -0.2) is 9.79 Å². The fourth-order valence-corrected chi connectivity index (χ4v) is 2.68. The predicted molar refractivity (Wildman–Crippen MR) is 77.3 cm³/mol. The molecule has 1 aliphatic heterocycles. The van der Waals surface area contributed by atoms with E-state index in [1.807, 2.05) is 0 Å². The molecule has 6 heteroatoms. The van der Waals surface area contributed by atoms with Gasteiger partial charge in [0.05, 0.1) is 18.0 Å². The van der Waals surface area contributed by atoms with Crippen LogP contribution in [-0.2, 0) is 9.53 Å². The summed E-state index contributed by atoms with van der Waals surface area (Å²) in [7, 11) is 0. The first-order chi connectivity index (χ1) is 9.11. The van der Waals surface area contributed by atoms with E-state index in [0.29, 0.717) is 21.5 Å². The molecule has 1 heterocycles. The summed E-state index contributed by atoms with van der Waals surface area (Å²) in [6.07, 6.45) is 0. The van der Waals surface area contributed by atoms with Crippen LogP contribution < -0.4 is 0 Å². The van der Waals surface area contributed by atoms with Crippen molar-refractivity contribution in [2.24, 2.45) is 4.99 Å². The van der Waals surface area contributed by atoms with Gasteiger partial charge < -0.3 is 9.84 Å². The standard InChI is InChI=1S/C13H12ClNO3S/c1-2-18-13(17)11-10(16)7-19-12(11)15-9-5-3-4-8(14)6-9/h3-6,16H,2,7H2,1H3. The molecule has 0 atom stereocenters. The maximum Gasteiger partial charge on any atom is 0.344 e. The van der Waals surface area contributed by atoms with Crippen molar-refractivity contribution in [2.75, 3.05) is 12.4 Å². The van der Waals surface area contributed by atoms with Gasteiger partial charge in [-0.2, -0.15) is 0 Å². The minimum absolute atomic E-state index is 0.00391. The zero-order valence-corrected chi connectivity index (χ0v) is 11.8. The molecule has 1 aromatic carbocycles. The van der Waals surface area contributed by atoms with Gasteiger partial charge in [-0.15, -0.1) is 0 Å². The molecule has 0 aliphatic carbocycles. The molecule has 1 aromatic rings. The summed E-state index contributed by atoms with van der Waals surface area (Å²) in [6.45, 7) is 1.97. The molecular weight excluding hydrogens is 286 g/mol. The topological polar surface area (TPSA) is 58.9 Å². The van der Waals surface area contributed by atoms with Crippen LogP contribution in [0.25, 0.3) is 0 Å². The van der Waals surface area contributed by atoms with Crippen molar-refractivity contribution in [2.45, 2.75) is 6.92 Å². The summed E-state index contributed by atoms with van der Waals surface area (Å²) in [5.74, 6) is -0.219. The monoisotopic (exact) mass is 297 g/mol. The number of aliphatic hydroxyl groups excluding tert-OH is 1. The highest BCUT2D eigenvalue weighted by Gasteiger charge is 2.29. The van der Waals surface area contributed by atoms with Crippen LogP contribution in [0.4, 0.5) is 5.69 Å². The van der Waals surface area contributed by atoms with Crippen molar-refractivity contribution in [3.8, 4) is 0 Å². The number of halogens is 1. The summed E-state index contributed by atoms with van der Waals surface area (Å²) in [4.78, 5) is 16.1. The lowest BCUT2D eigenvalue weighted by molar-refractivity contribution is -0.138. The Balaban J connectivity index is 2.32. The van der Waals surface area contributed by atoms with Gasteiger partial charge in [-0.1, -0.05) is 29.4 Å². The Kier molecular flexibility index (Phi) is 4.50. The summed E-state index contributed by atoms with van der Waals surface area (Å²) < 4.78 is 4.91. The van der Waals surface area contributed by atoms with Gasteiger partial charge in [0, 0.05) is 5.02 Å². The number of esters is 1. The zero-order chi connectivity index (χ0) is 13.8. The minimum atomic E-state index is -0.550. The molecule has 0 saturated carbocycles. The lowest BCUT2D eigenvalue weighted by Gasteiger charge is -2.04. The summed E-state index contributed by atoms with van der Waals surface area (Å²) >= 11 is 7.17. The Labute approximate surface area is 120 Å². The Morgan fingerprint density at radius 3 is 3.05 bits per heavy atom. The molecule has 0 fully saturated rings. The maximum absolute atomic E-state index is 11.8. The lowest BCUT2D eigenvalue weighted by Crippen LogP contribution is -2.12. The molecule has 19 heavy (non-hydrogen) atoms. The van der Waals surface area contributed by atoms with Crippen LogP contribution in [0.1, 0.15) is 6.92 Å². The van der Waals surface area contributed by atoms with Crippen LogP contribution >= 0.6 is 23.4 Å². The smallest absolute Gasteiger partial charge is 0.344 e. The molecule has 1 aliphatic rings. The molecule has 0 amide bonds. The van der Waals surface area contributed by atoms with Gasteiger partial charge in [0.25, 0.3) is 0 Å². The number of carbonyl (C=O) groups is 1. The van der Waals surface area contributed by atoms with Gasteiger partial charge in [-0.05, 0) is 25.1 Å². The molecular formula is C13H12ClNO3S. The van der Waals surface area contributed by atoms with E-state index in [-0.39, 0.29) is 17.9 Å². The SMILES string of the molecule is CCOC(=O)C1=C(O)CSC1=Nc1cccc(Cl)c1. The molecule has 0 unspecified atom stereocenters. The first-order valence-electron chi connectivity index (χ1n) is 5.68. The van der Waals surface area contributed by atoms with Crippen LogP contribution in [0, 0.1) is 0 Å². The molecule has 0 aromatic heterocycles. The number of hydrogen-bond donors (Lipinski definition) is 1. The quantitative estimate of drug-likeness (QED) is 0.868. The van der Waals surface area contributed by atoms with Gasteiger partial charge in [0.2, 0.25) is 0 Å². The molecule has 4 nitrogen and oxygen atoms in total. The Morgan fingerprint density at radius 1 is 1.58 bits per heavy atom. The fraction of sp³-hybridized carbons (Fsp3) is 0.231. The molecule has 1 N–H and O–H groups in total. The Hall–Kier alpha value is -1.46. The highest BCUT2D eigenvalue weighted by Crippen LogP contribution is 2.30. The first-order valence-corrected chi connectivity index (χ1v) is 7.05. The first kappa shape index (κ1) is 14.0. The second-order valence-electron chi connectivity index (χ2n) is 3.73. The molecule has 100 valence electrons. The summed E-state index contributed by atoms with van der Waals surface area (Å²) in [6, 6.07) is 6.98. The largest absolute Gasteiger partial charge is 0.510 e. The van der Waals surface area contributed by atoms with E-state index in [1.54, 1.807) is 31.2 Å². The number of carbonyl (C=O) groups excluding carboxylic acids is 1. The number of aliphatic imine (C=N–C) groups is 1. The average molecular weight is 298 g/mol. The predicted octanol–water partition coefficient (Wildman–Crippen LogP) is 3.49. The summed E-state index contributed by atoms with van der Waals surface area (Å²) in [5.41, 5.74) is 0.776. The van der Waals surface area contributed by atoms with Crippen molar-refractivity contribution >= 4 is 40.1 Å². The van der Waals surface area contributed by atoms with E-state index in [4.69, 9.17) is 16.3 Å². The molecule has 0 bridgehead atoms. The Bertz CT molecular complexity index is 569. The second-order valence-corrected chi connectivity index (χ2v) is 5.13. The molecule has 0 saturated heterocycles. The zero-order valence-electron chi connectivity index (χ0n) is 10.2. The number of rotatable bonds is 3. The van der Waals surface area contributed by atoms with Gasteiger partial charge in [-0.3, -0.25) is 0 Å². The highest BCUT2D eigenvalue weighted by atomic mass is 35.5. The van der Waals surface area contributed by atoms with Crippen molar-refractivity contribution < 1.29 is 14.6 Å². The number of ether oxygens (including phenoxy) is 1. The molecule has 0 spiro atoms. The lowest BCUT2D eigenvalue weighted by atomic mass is 10.2. The third-order valence-corrected chi connectivity index (χ3v) is 3.59. The van der Waals surface area contributed by atoms with E-state index < -0.39 is 5.97 Å². The van der Waals surface area contributed by atoms with Gasteiger partial charge in [0.15, 0.2) is 0 Å². The third kappa shape index (κ3) is 3.30. The van der Waals surface area contributed by atoms with E-state index in [1.165, 1.54) is 11.8 Å². The Morgan fingerprint density at radius 2 is 2.37 bits per heavy atom. The van der Waals surface area contributed by atoms with Crippen molar-refractivity contribution in [1.29, 1.82) is 0 Å².